The Balaban J connectivity index is 1.54. The molecule has 0 aromatic heterocycles. The Bertz CT molecular complexity index is 389. The largest absolute Gasteiger partial charge is 0.512 e. The molecule has 0 heterocycles. The first kappa shape index (κ1) is 12.3. The first-order valence-electron chi connectivity index (χ1n) is 8.31. The fourth-order valence-electron chi connectivity index (χ4n) is 6.06. The monoisotopic (exact) mass is 262 g/mol. The average molecular weight is 262 g/mol. The molecule has 2 N–H and O–H groups in total. The van der Waals surface area contributed by atoms with Crippen LogP contribution in [0.4, 0.5) is 0 Å². The third-order valence-corrected chi connectivity index (χ3v) is 6.84. The molecular formula is C17H26O2. The van der Waals surface area contributed by atoms with Crippen LogP contribution in [-0.2, 0) is 0 Å². The van der Waals surface area contributed by atoms with Crippen LogP contribution in [0.3, 0.4) is 0 Å². The van der Waals surface area contributed by atoms with Crippen LogP contribution in [0.15, 0.2) is 11.8 Å². The zero-order valence-corrected chi connectivity index (χ0v) is 11.7. The van der Waals surface area contributed by atoms with Crippen molar-refractivity contribution in [1.82, 2.24) is 0 Å². The Hall–Kier alpha value is -0.500. The zero-order chi connectivity index (χ0) is 13.0. The predicted octanol–water partition coefficient (Wildman–Crippen LogP) is 3.66. The Labute approximate surface area is 115 Å². The van der Waals surface area contributed by atoms with E-state index in [1.807, 2.05) is 0 Å². The Kier molecular flexibility index (Phi) is 2.91. The second-order valence-electron chi connectivity index (χ2n) is 7.51. The van der Waals surface area contributed by atoms with Gasteiger partial charge in [-0.1, -0.05) is 0 Å². The van der Waals surface area contributed by atoms with E-state index < -0.39 is 0 Å². The Morgan fingerprint density at radius 3 is 2.47 bits per heavy atom. The number of rotatable bonds is 0. The highest BCUT2D eigenvalue weighted by atomic mass is 16.3. The van der Waals surface area contributed by atoms with Crippen molar-refractivity contribution < 1.29 is 10.2 Å². The summed E-state index contributed by atoms with van der Waals surface area (Å²) < 4.78 is 0. The van der Waals surface area contributed by atoms with Gasteiger partial charge in [-0.2, -0.15) is 0 Å². The summed E-state index contributed by atoms with van der Waals surface area (Å²) in [5.41, 5.74) is 0. The zero-order valence-electron chi connectivity index (χ0n) is 11.7. The summed E-state index contributed by atoms with van der Waals surface area (Å²) >= 11 is 0. The van der Waals surface area contributed by atoms with Crippen molar-refractivity contribution in [2.24, 2.45) is 35.5 Å². The Morgan fingerprint density at radius 2 is 1.58 bits per heavy atom. The average Bonchev–Trinajstić information content (AvgIpc) is 2.80. The molecule has 3 saturated carbocycles. The quantitative estimate of drug-likeness (QED) is 0.699. The van der Waals surface area contributed by atoms with Gasteiger partial charge in [-0.3, -0.25) is 0 Å². The van der Waals surface area contributed by atoms with E-state index in [4.69, 9.17) is 0 Å². The van der Waals surface area contributed by atoms with E-state index in [2.05, 4.69) is 6.08 Å². The minimum atomic E-state index is -0.0219. The highest BCUT2D eigenvalue weighted by molar-refractivity contribution is 5.13. The molecule has 106 valence electrons. The first-order chi connectivity index (χ1) is 9.24. The molecule has 0 aromatic rings. The molecule has 2 heteroatoms. The van der Waals surface area contributed by atoms with Crippen LogP contribution in [0.25, 0.3) is 0 Å². The second kappa shape index (κ2) is 4.51. The van der Waals surface area contributed by atoms with Gasteiger partial charge in [0.1, 0.15) is 0 Å². The van der Waals surface area contributed by atoms with Crippen molar-refractivity contribution in [2.45, 2.75) is 57.5 Å². The number of hydrogen-bond donors (Lipinski definition) is 2. The van der Waals surface area contributed by atoms with Crippen LogP contribution in [0.1, 0.15) is 51.4 Å². The molecule has 2 nitrogen and oxygen atoms in total. The second-order valence-corrected chi connectivity index (χ2v) is 7.51. The maximum Gasteiger partial charge on any atom is 0.0916 e. The first-order valence-corrected chi connectivity index (χ1v) is 8.31. The summed E-state index contributed by atoms with van der Waals surface area (Å²) in [4.78, 5) is 0. The molecule has 7 unspecified atom stereocenters. The SMILES string of the molecule is OC1=CCC2C1CCC1C3CCC(O)CC3CCC21. The molecule has 0 amide bonds. The number of allylic oxidation sites excluding steroid dienone is 2. The molecule has 0 aromatic carbocycles. The van der Waals surface area contributed by atoms with Gasteiger partial charge in [0.25, 0.3) is 0 Å². The van der Waals surface area contributed by atoms with E-state index in [1.54, 1.807) is 0 Å². The fourth-order valence-corrected chi connectivity index (χ4v) is 6.06. The maximum absolute atomic E-state index is 10.0. The summed E-state index contributed by atoms with van der Waals surface area (Å²) in [5, 5.41) is 19.9. The lowest BCUT2D eigenvalue weighted by molar-refractivity contribution is -0.0468. The summed E-state index contributed by atoms with van der Waals surface area (Å²) in [6.07, 6.45) is 11.7. The molecule has 0 spiro atoms. The van der Waals surface area contributed by atoms with Gasteiger partial charge in [0.15, 0.2) is 0 Å². The van der Waals surface area contributed by atoms with Gasteiger partial charge in [0.05, 0.1) is 11.9 Å². The lowest BCUT2D eigenvalue weighted by atomic mass is 9.53. The third-order valence-electron chi connectivity index (χ3n) is 6.84. The summed E-state index contributed by atoms with van der Waals surface area (Å²) in [6.45, 7) is 0. The molecule has 4 rings (SSSR count). The lowest BCUT2D eigenvalue weighted by Gasteiger charge is -2.52. The lowest BCUT2D eigenvalue weighted by Crippen LogP contribution is -2.45. The molecule has 4 aliphatic carbocycles. The van der Waals surface area contributed by atoms with E-state index in [0.717, 1.165) is 48.9 Å². The third kappa shape index (κ3) is 1.86. The summed E-state index contributed by atoms with van der Waals surface area (Å²) in [6, 6.07) is 0. The molecule has 4 aliphatic rings. The van der Waals surface area contributed by atoms with E-state index in [9.17, 15) is 10.2 Å². The minimum absolute atomic E-state index is 0.0219. The molecule has 7 atom stereocenters. The van der Waals surface area contributed by atoms with Gasteiger partial charge in [-0.25, -0.2) is 0 Å². The topological polar surface area (TPSA) is 40.5 Å². The van der Waals surface area contributed by atoms with Crippen molar-refractivity contribution in [1.29, 1.82) is 0 Å². The van der Waals surface area contributed by atoms with Gasteiger partial charge in [0.2, 0.25) is 0 Å². The van der Waals surface area contributed by atoms with E-state index >= 15 is 0 Å². The standard InChI is InChI=1S/C17H26O2/c18-11-2-4-12-10(9-11)1-3-14-13(12)5-6-16-15(14)7-8-17(16)19/h8,10-16,18-19H,1-7,9H2. The molecule has 0 radical (unpaired) electrons. The van der Waals surface area contributed by atoms with Gasteiger partial charge >= 0.3 is 0 Å². The summed E-state index contributed by atoms with van der Waals surface area (Å²) in [5.74, 6) is 5.36. The van der Waals surface area contributed by atoms with Crippen LogP contribution < -0.4 is 0 Å². The molecule has 0 aliphatic heterocycles. The van der Waals surface area contributed by atoms with Crippen LogP contribution >= 0.6 is 0 Å². The maximum atomic E-state index is 10.0. The van der Waals surface area contributed by atoms with Crippen LogP contribution in [0.5, 0.6) is 0 Å². The normalized spacial score (nSPS) is 52.9. The highest BCUT2D eigenvalue weighted by Gasteiger charge is 2.49. The van der Waals surface area contributed by atoms with Crippen molar-refractivity contribution in [3.63, 3.8) is 0 Å². The number of hydrogen-bond acceptors (Lipinski definition) is 2. The minimum Gasteiger partial charge on any atom is -0.512 e. The van der Waals surface area contributed by atoms with Gasteiger partial charge < -0.3 is 10.2 Å². The van der Waals surface area contributed by atoms with Crippen LogP contribution in [0.2, 0.25) is 0 Å². The van der Waals surface area contributed by atoms with Gasteiger partial charge in [0, 0.05) is 5.92 Å². The van der Waals surface area contributed by atoms with Crippen LogP contribution in [-0.4, -0.2) is 16.3 Å². The summed E-state index contributed by atoms with van der Waals surface area (Å²) in [7, 11) is 0. The van der Waals surface area contributed by atoms with Crippen molar-refractivity contribution in [3.05, 3.63) is 11.8 Å². The van der Waals surface area contributed by atoms with Crippen molar-refractivity contribution in [2.75, 3.05) is 0 Å². The van der Waals surface area contributed by atoms with Gasteiger partial charge in [-0.15, -0.1) is 0 Å². The molecule has 3 fully saturated rings. The Morgan fingerprint density at radius 1 is 0.842 bits per heavy atom. The van der Waals surface area contributed by atoms with Crippen molar-refractivity contribution in [3.8, 4) is 0 Å². The van der Waals surface area contributed by atoms with Gasteiger partial charge in [-0.05, 0) is 87.0 Å². The van der Waals surface area contributed by atoms with E-state index in [1.165, 1.54) is 32.1 Å². The number of fused-ring (bicyclic) bond motifs is 5. The number of aliphatic hydroxyl groups is 2. The van der Waals surface area contributed by atoms with Crippen LogP contribution in [0, 0.1) is 35.5 Å². The fraction of sp³-hybridized carbons (Fsp3) is 0.882. The van der Waals surface area contributed by atoms with E-state index in [0.29, 0.717) is 11.7 Å². The predicted molar refractivity (Wildman–Crippen MR) is 74.6 cm³/mol. The highest BCUT2D eigenvalue weighted by Crippen LogP contribution is 2.57. The molecule has 19 heavy (non-hydrogen) atoms. The van der Waals surface area contributed by atoms with Crippen molar-refractivity contribution >= 4 is 0 Å². The molecular weight excluding hydrogens is 236 g/mol. The number of aliphatic hydroxyl groups excluding tert-OH is 2. The molecule has 0 bridgehead atoms. The van der Waals surface area contributed by atoms with E-state index in [-0.39, 0.29) is 6.10 Å². The smallest absolute Gasteiger partial charge is 0.0916 e. The molecule has 0 saturated heterocycles.